The Morgan fingerprint density at radius 2 is 1.44 bits per heavy atom. The van der Waals surface area contributed by atoms with Crippen LogP contribution in [0.5, 0.6) is 0 Å². The van der Waals surface area contributed by atoms with Gasteiger partial charge in [0.05, 0.1) is 6.10 Å². The summed E-state index contributed by atoms with van der Waals surface area (Å²) >= 11 is 0. The maximum absolute atomic E-state index is 10.8. The fraction of sp³-hybridized carbons (Fsp3) is 1.00. The van der Waals surface area contributed by atoms with Gasteiger partial charge >= 0.3 is 0 Å². The zero-order chi connectivity index (χ0) is 17.5. The Bertz CT molecular complexity index is 355. The maximum Gasteiger partial charge on any atom is 0.0545 e. The van der Waals surface area contributed by atoms with Gasteiger partial charge in [-0.1, -0.05) is 64.7 Å². The first kappa shape index (κ1) is 19.7. The van der Waals surface area contributed by atoms with E-state index in [-0.39, 0.29) is 6.10 Å². The lowest BCUT2D eigenvalue weighted by Gasteiger charge is -2.36. The molecule has 2 aliphatic carbocycles. The highest BCUT2D eigenvalue weighted by atomic mass is 16.5. The number of hydrogen-bond acceptors (Lipinski definition) is 2. The Kier molecular flexibility index (Phi) is 8.11. The highest BCUT2D eigenvalue weighted by molar-refractivity contribution is 4.82. The predicted molar refractivity (Wildman–Crippen MR) is 105 cm³/mol. The molecule has 0 aromatic rings. The van der Waals surface area contributed by atoms with Crippen LogP contribution in [0.15, 0.2) is 0 Å². The first-order chi connectivity index (χ1) is 12.2. The summed E-state index contributed by atoms with van der Waals surface area (Å²) in [6.45, 7) is 4.43. The van der Waals surface area contributed by atoms with E-state index < -0.39 is 0 Å². The van der Waals surface area contributed by atoms with Crippen molar-refractivity contribution in [2.45, 2.75) is 103 Å². The van der Waals surface area contributed by atoms with Crippen molar-refractivity contribution in [1.29, 1.82) is 0 Å². The number of rotatable bonds is 4. The van der Waals surface area contributed by atoms with Gasteiger partial charge in [-0.25, -0.2) is 0 Å². The molecule has 0 spiro atoms. The molecule has 1 heterocycles. The summed E-state index contributed by atoms with van der Waals surface area (Å²) in [5, 5.41) is 10.8. The van der Waals surface area contributed by atoms with Crippen LogP contribution < -0.4 is 0 Å². The van der Waals surface area contributed by atoms with Gasteiger partial charge in [0.15, 0.2) is 0 Å². The third-order valence-corrected chi connectivity index (χ3v) is 7.76. The highest BCUT2D eigenvalue weighted by Crippen LogP contribution is 2.40. The predicted octanol–water partition coefficient (Wildman–Crippen LogP) is 5.97. The van der Waals surface area contributed by atoms with Crippen LogP contribution in [0.4, 0.5) is 0 Å². The number of aliphatic hydroxyl groups is 1. The average Bonchev–Trinajstić information content (AvgIpc) is 2.88. The summed E-state index contributed by atoms with van der Waals surface area (Å²) in [4.78, 5) is 0. The number of ether oxygens (including phenoxy) is 1. The van der Waals surface area contributed by atoms with Crippen LogP contribution in [-0.2, 0) is 4.74 Å². The van der Waals surface area contributed by atoms with Gasteiger partial charge in [-0.05, 0) is 61.7 Å². The lowest BCUT2D eigenvalue weighted by Crippen LogP contribution is -2.29. The van der Waals surface area contributed by atoms with E-state index in [4.69, 9.17) is 4.74 Å². The van der Waals surface area contributed by atoms with Crippen LogP contribution in [0.25, 0.3) is 0 Å². The van der Waals surface area contributed by atoms with Gasteiger partial charge < -0.3 is 9.84 Å². The first-order valence-corrected chi connectivity index (χ1v) is 11.5. The summed E-state index contributed by atoms with van der Waals surface area (Å²) in [6.07, 6.45) is 18.7. The Balaban J connectivity index is 1.48. The molecule has 0 amide bonds. The molecule has 3 fully saturated rings. The van der Waals surface area contributed by atoms with E-state index in [9.17, 15) is 5.11 Å². The third kappa shape index (κ3) is 6.24. The Labute approximate surface area is 156 Å². The van der Waals surface area contributed by atoms with E-state index in [0.29, 0.717) is 0 Å². The maximum atomic E-state index is 10.8. The second kappa shape index (κ2) is 10.3. The Morgan fingerprint density at radius 1 is 0.760 bits per heavy atom. The minimum atomic E-state index is -0.0524. The molecule has 0 aromatic carbocycles. The van der Waals surface area contributed by atoms with Crippen LogP contribution in [0.2, 0.25) is 0 Å². The molecule has 0 bridgehead atoms. The smallest absolute Gasteiger partial charge is 0.0545 e. The fourth-order valence-corrected chi connectivity index (χ4v) is 6.10. The summed E-state index contributed by atoms with van der Waals surface area (Å²) < 4.78 is 5.51. The van der Waals surface area contributed by atoms with Crippen LogP contribution >= 0.6 is 0 Å². The molecule has 2 saturated carbocycles. The van der Waals surface area contributed by atoms with Gasteiger partial charge in [-0.2, -0.15) is 0 Å². The van der Waals surface area contributed by atoms with Crippen molar-refractivity contribution in [3.8, 4) is 0 Å². The molecule has 25 heavy (non-hydrogen) atoms. The van der Waals surface area contributed by atoms with Gasteiger partial charge in [0.1, 0.15) is 0 Å². The molecule has 3 aliphatic rings. The van der Waals surface area contributed by atoms with Crippen LogP contribution in [0.3, 0.4) is 0 Å². The van der Waals surface area contributed by atoms with Gasteiger partial charge in [-0.15, -0.1) is 0 Å². The zero-order valence-electron chi connectivity index (χ0n) is 16.6. The molecule has 1 saturated heterocycles. The molecule has 1 aliphatic heterocycles. The number of aliphatic hydroxyl groups excluding tert-OH is 1. The molecule has 0 aromatic heterocycles. The van der Waals surface area contributed by atoms with Crippen molar-refractivity contribution in [1.82, 2.24) is 0 Å². The fourth-order valence-electron chi connectivity index (χ4n) is 6.10. The number of hydrogen-bond donors (Lipinski definition) is 1. The Morgan fingerprint density at radius 3 is 2.16 bits per heavy atom. The van der Waals surface area contributed by atoms with Crippen LogP contribution in [0, 0.1) is 29.6 Å². The van der Waals surface area contributed by atoms with Gasteiger partial charge in [0.25, 0.3) is 0 Å². The normalized spacial score (nSPS) is 35.5. The van der Waals surface area contributed by atoms with Gasteiger partial charge in [0, 0.05) is 13.2 Å². The van der Waals surface area contributed by atoms with E-state index in [2.05, 4.69) is 6.92 Å². The second-order valence-electron chi connectivity index (χ2n) is 9.58. The lowest BCUT2D eigenvalue weighted by atomic mass is 9.71. The van der Waals surface area contributed by atoms with E-state index in [1.54, 1.807) is 0 Å². The van der Waals surface area contributed by atoms with Gasteiger partial charge in [-0.3, -0.25) is 0 Å². The largest absolute Gasteiger partial charge is 0.393 e. The summed E-state index contributed by atoms with van der Waals surface area (Å²) in [5.74, 6) is 4.12. The molecule has 146 valence electrons. The van der Waals surface area contributed by atoms with Crippen molar-refractivity contribution in [3.63, 3.8) is 0 Å². The molecule has 2 nitrogen and oxygen atoms in total. The van der Waals surface area contributed by atoms with Gasteiger partial charge in [0.2, 0.25) is 0 Å². The molecule has 2 heteroatoms. The quantitative estimate of drug-likeness (QED) is 0.633. The summed E-state index contributed by atoms with van der Waals surface area (Å²) in [6, 6.07) is 0. The molecule has 1 N–H and O–H groups in total. The average molecular weight is 351 g/mol. The molecule has 4 unspecified atom stereocenters. The van der Waals surface area contributed by atoms with E-state index in [0.717, 1.165) is 55.6 Å². The highest BCUT2D eigenvalue weighted by Gasteiger charge is 2.31. The SMILES string of the molecule is CC(C1CCCCCC1)C1CCCC(CC2CCOCC2)CC(O)C1. The van der Waals surface area contributed by atoms with E-state index in [1.807, 2.05) is 0 Å². The lowest BCUT2D eigenvalue weighted by molar-refractivity contribution is 0.0404. The molecule has 4 atom stereocenters. The molecular formula is C23H42O2. The minimum absolute atomic E-state index is 0.0524. The van der Waals surface area contributed by atoms with Crippen LogP contribution in [-0.4, -0.2) is 24.4 Å². The van der Waals surface area contributed by atoms with Crippen LogP contribution in [0.1, 0.15) is 96.8 Å². The van der Waals surface area contributed by atoms with Crippen molar-refractivity contribution < 1.29 is 9.84 Å². The topological polar surface area (TPSA) is 29.5 Å². The minimum Gasteiger partial charge on any atom is -0.393 e. The van der Waals surface area contributed by atoms with E-state index in [1.165, 1.54) is 77.0 Å². The Hall–Kier alpha value is -0.0800. The standard InChI is InChI=1S/C23H42O2/c1-18(21-8-4-2-3-5-9-21)22-10-6-7-20(16-23(24)17-22)15-19-11-13-25-14-12-19/h18-24H,2-17H2,1H3. The van der Waals surface area contributed by atoms with Crippen molar-refractivity contribution >= 4 is 0 Å². The summed E-state index contributed by atoms with van der Waals surface area (Å²) in [5.41, 5.74) is 0. The van der Waals surface area contributed by atoms with E-state index >= 15 is 0 Å². The zero-order valence-corrected chi connectivity index (χ0v) is 16.6. The molecular weight excluding hydrogens is 308 g/mol. The van der Waals surface area contributed by atoms with Crippen molar-refractivity contribution in [2.75, 3.05) is 13.2 Å². The second-order valence-corrected chi connectivity index (χ2v) is 9.58. The first-order valence-electron chi connectivity index (χ1n) is 11.5. The molecule has 3 rings (SSSR count). The third-order valence-electron chi connectivity index (χ3n) is 7.76. The molecule has 0 radical (unpaired) electrons. The van der Waals surface area contributed by atoms with Crippen molar-refractivity contribution in [2.24, 2.45) is 29.6 Å². The summed E-state index contributed by atoms with van der Waals surface area (Å²) in [7, 11) is 0. The van der Waals surface area contributed by atoms with Crippen molar-refractivity contribution in [3.05, 3.63) is 0 Å². The monoisotopic (exact) mass is 350 g/mol.